The van der Waals surface area contributed by atoms with E-state index in [0.29, 0.717) is 24.1 Å². The number of carbonyl (C=O) groups excluding carboxylic acids is 2. The van der Waals surface area contributed by atoms with Gasteiger partial charge in [0, 0.05) is 25.6 Å². The first-order valence-electron chi connectivity index (χ1n) is 9.35. The van der Waals surface area contributed by atoms with E-state index in [1.54, 1.807) is 10.9 Å². The topological polar surface area (TPSA) is 76.0 Å². The quantitative estimate of drug-likeness (QED) is 0.720. The summed E-state index contributed by atoms with van der Waals surface area (Å²) in [7, 11) is 1.85. The third-order valence-electron chi connectivity index (χ3n) is 5.09. The summed E-state index contributed by atoms with van der Waals surface area (Å²) < 4.78 is 1.74. The van der Waals surface area contributed by atoms with Gasteiger partial charge in [-0.1, -0.05) is 42.5 Å². The Morgan fingerprint density at radius 3 is 2.61 bits per heavy atom. The molecule has 3 aromatic rings. The first-order chi connectivity index (χ1) is 13.6. The van der Waals surface area contributed by atoms with Crippen molar-refractivity contribution in [3.63, 3.8) is 0 Å². The highest BCUT2D eigenvalue weighted by molar-refractivity contribution is 6.05. The fraction of sp³-hybridized carbons (Fsp3) is 0.227. The molecule has 1 fully saturated rings. The number of carbonyl (C=O) groups is 2. The summed E-state index contributed by atoms with van der Waals surface area (Å²) in [5.74, 6) is -0.0918. The average molecular weight is 374 g/mol. The molecular weight excluding hydrogens is 352 g/mol. The molecule has 0 radical (unpaired) electrons. The summed E-state index contributed by atoms with van der Waals surface area (Å²) in [6, 6.07) is 17.7. The van der Waals surface area contributed by atoms with Crippen molar-refractivity contribution in [2.24, 2.45) is 7.05 Å². The first-order valence-corrected chi connectivity index (χ1v) is 9.35. The molecule has 1 saturated heterocycles. The number of anilines is 1. The van der Waals surface area contributed by atoms with Crippen molar-refractivity contribution in [2.75, 3.05) is 5.32 Å². The minimum atomic E-state index is -0.180. The van der Waals surface area contributed by atoms with Gasteiger partial charge in [-0.3, -0.25) is 14.3 Å². The number of nitrogens with zero attached hydrogens (tertiary/aromatic N) is 2. The Hall–Kier alpha value is -3.41. The lowest BCUT2D eigenvalue weighted by molar-refractivity contribution is -0.119. The molecular formula is C22H22N4O2. The molecule has 6 nitrogen and oxygen atoms in total. The number of hydrogen-bond acceptors (Lipinski definition) is 3. The van der Waals surface area contributed by atoms with Gasteiger partial charge in [0.05, 0.1) is 23.5 Å². The van der Waals surface area contributed by atoms with Gasteiger partial charge in [0.25, 0.3) is 5.91 Å². The van der Waals surface area contributed by atoms with Crippen molar-refractivity contribution in [1.29, 1.82) is 0 Å². The highest BCUT2D eigenvalue weighted by atomic mass is 16.2. The van der Waals surface area contributed by atoms with Gasteiger partial charge in [-0.15, -0.1) is 0 Å². The maximum Gasteiger partial charge on any atom is 0.259 e. The van der Waals surface area contributed by atoms with Crippen LogP contribution in [0.3, 0.4) is 0 Å². The lowest BCUT2D eigenvalue weighted by Crippen LogP contribution is -2.18. The van der Waals surface area contributed by atoms with Crippen LogP contribution >= 0.6 is 0 Å². The molecule has 28 heavy (non-hydrogen) atoms. The molecule has 1 unspecified atom stereocenters. The number of aryl methyl sites for hydroxylation is 1. The van der Waals surface area contributed by atoms with Crippen molar-refractivity contribution in [3.8, 4) is 0 Å². The van der Waals surface area contributed by atoms with Gasteiger partial charge in [-0.25, -0.2) is 0 Å². The van der Waals surface area contributed by atoms with E-state index in [1.165, 1.54) is 0 Å². The summed E-state index contributed by atoms with van der Waals surface area (Å²) in [4.78, 5) is 24.2. The number of benzene rings is 2. The summed E-state index contributed by atoms with van der Waals surface area (Å²) in [6.07, 6.45) is 3.62. The van der Waals surface area contributed by atoms with Gasteiger partial charge in [0.15, 0.2) is 0 Å². The molecule has 4 rings (SSSR count). The van der Waals surface area contributed by atoms with E-state index in [9.17, 15) is 9.59 Å². The Morgan fingerprint density at radius 2 is 1.93 bits per heavy atom. The first kappa shape index (κ1) is 18.0. The minimum Gasteiger partial charge on any atom is -0.349 e. The van der Waals surface area contributed by atoms with E-state index in [0.717, 1.165) is 23.2 Å². The van der Waals surface area contributed by atoms with Crippen molar-refractivity contribution in [1.82, 2.24) is 15.1 Å². The number of hydrogen-bond donors (Lipinski definition) is 2. The van der Waals surface area contributed by atoms with Crippen LogP contribution in [-0.4, -0.2) is 21.6 Å². The molecule has 0 spiro atoms. The second kappa shape index (κ2) is 7.68. The van der Waals surface area contributed by atoms with E-state index in [1.807, 2.05) is 61.6 Å². The zero-order valence-corrected chi connectivity index (χ0v) is 15.7. The van der Waals surface area contributed by atoms with E-state index in [4.69, 9.17) is 0 Å². The summed E-state index contributed by atoms with van der Waals surface area (Å²) >= 11 is 0. The van der Waals surface area contributed by atoms with Crippen LogP contribution in [0.15, 0.2) is 60.8 Å². The molecule has 2 amide bonds. The van der Waals surface area contributed by atoms with Crippen LogP contribution in [0.2, 0.25) is 0 Å². The Balaban J connectivity index is 1.47. The SMILES string of the molecule is Cn1ncc(C(=O)Nc2ccc(C3CCC(=O)N3)cc2)c1Cc1ccccc1. The maximum atomic E-state index is 12.8. The molecule has 0 aliphatic carbocycles. The number of rotatable bonds is 5. The smallest absolute Gasteiger partial charge is 0.259 e. The largest absolute Gasteiger partial charge is 0.349 e. The third kappa shape index (κ3) is 3.81. The Bertz CT molecular complexity index is 993. The number of amides is 2. The molecule has 0 bridgehead atoms. The normalized spacial score (nSPS) is 16.0. The van der Waals surface area contributed by atoms with Crippen molar-refractivity contribution < 1.29 is 9.59 Å². The fourth-order valence-corrected chi connectivity index (χ4v) is 3.51. The predicted molar refractivity (Wildman–Crippen MR) is 107 cm³/mol. The van der Waals surface area contributed by atoms with Gasteiger partial charge in [-0.05, 0) is 29.7 Å². The molecule has 1 aliphatic rings. The number of aromatic nitrogens is 2. The van der Waals surface area contributed by atoms with E-state index < -0.39 is 0 Å². The van der Waals surface area contributed by atoms with Crippen LogP contribution in [0, 0.1) is 0 Å². The molecule has 142 valence electrons. The molecule has 1 aromatic heterocycles. The van der Waals surface area contributed by atoms with Crippen molar-refractivity contribution >= 4 is 17.5 Å². The summed E-state index contributed by atoms with van der Waals surface area (Å²) in [6.45, 7) is 0. The molecule has 6 heteroatoms. The van der Waals surface area contributed by atoms with Crippen LogP contribution in [0.5, 0.6) is 0 Å². The lowest BCUT2D eigenvalue weighted by Gasteiger charge is -2.12. The molecule has 2 heterocycles. The molecule has 0 saturated carbocycles. The van der Waals surface area contributed by atoms with Crippen molar-refractivity contribution in [2.45, 2.75) is 25.3 Å². The monoisotopic (exact) mass is 374 g/mol. The molecule has 1 atom stereocenters. The van der Waals surface area contributed by atoms with Crippen LogP contribution < -0.4 is 10.6 Å². The van der Waals surface area contributed by atoms with E-state index >= 15 is 0 Å². The highest BCUT2D eigenvalue weighted by Crippen LogP contribution is 2.25. The Labute approximate surface area is 163 Å². The third-order valence-corrected chi connectivity index (χ3v) is 5.09. The zero-order chi connectivity index (χ0) is 19.5. The second-order valence-electron chi connectivity index (χ2n) is 7.03. The molecule has 2 N–H and O–H groups in total. The lowest BCUT2D eigenvalue weighted by atomic mass is 10.0. The summed E-state index contributed by atoms with van der Waals surface area (Å²) in [5.41, 5.74) is 4.33. The highest BCUT2D eigenvalue weighted by Gasteiger charge is 2.22. The maximum absolute atomic E-state index is 12.8. The summed E-state index contributed by atoms with van der Waals surface area (Å²) in [5, 5.41) is 10.2. The molecule has 2 aromatic carbocycles. The van der Waals surface area contributed by atoms with Gasteiger partial charge in [0.2, 0.25) is 5.91 Å². The van der Waals surface area contributed by atoms with E-state index in [-0.39, 0.29) is 17.9 Å². The van der Waals surface area contributed by atoms with Gasteiger partial charge in [0.1, 0.15) is 0 Å². The predicted octanol–water partition coefficient (Wildman–Crippen LogP) is 3.21. The van der Waals surface area contributed by atoms with Crippen LogP contribution in [0.25, 0.3) is 0 Å². The van der Waals surface area contributed by atoms with Gasteiger partial charge >= 0.3 is 0 Å². The van der Waals surface area contributed by atoms with Crippen LogP contribution in [0.1, 0.15) is 46.1 Å². The van der Waals surface area contributed by atoms with E-state index in [2.05, 4.69) is 15.7 Å². The average Bonchev–Trinajstić information content (AvgIpc) is 3.29. The van der Waals surface area contributed by atoms with Gasteiger partial charge in [-0.2, -0.15) is 5.10 Å². The van der Waals surface area contributed by atoms with Gasteiger partial charge < -0.3 is 10.6 Å². The number of nitrogens with one attached hydrogen (secondary N) is 2. The molecule has 1 aliphatic heterocycles. The van der Waals surface area contributed by atoms with Crippen molar-refractivity contribution in [3.05, 3.63) is 83.2 Å². The van der Waals surface area contributed by atoms with Crippen LogP contribution in [0.4, 0.5) is 5.69 Å². The Morgan fingerprint density at radius 1 is 1.18 bits per heavy atom. The second-order valence-corrected chi connectivity index (χ2v) is 7.03. The standard InChI is InChI=1S/C22H22N4O2/c1-26-20(13-15-5-3-2-4-6-15)18(14-23-26)22(28)24-17-9-7-16(8-10-17)19-11-12-21(27)25-19/h2-10,14,19H,11-13H2,1H3,(H,24,28)(H,25,27). The minimum absolute atomic E-state index is 0.0630. The zero-order valence-electron chi connectivity index (χ0n) is 15.7. The fourth-order valence-electron chi connectivity index (χ4n) is 3.51. The Kier molecular flexibility index (Phi) is 4.93. The van der Waals surface area contributed by atoms with Crippen LogP contribution in [-0.2, 0) is 18.3 Å².